The van der Waals surface area contributed by atoms with Gasteiger partial charge in [-0.25, -0.2) is 9.48 Å². The van der Waals surface area contributed by atoms with Gasteiger partial charge < -0.3 is 9.72 Å². The summed E-state index contributed by atoms with van der Waals surface area (Å²) in [5, 5.41) is 4.44. The van der Waals surface area contributed by atoms with Crippen LogP contribution in [0.1, 0.15) is 28.7 Å². The fourth-order valence-electron chi connectivity index (χ4n) is 2.82. The number of aromatic amines is 1. The van der Waals surface area contributed by atoms with Crippen molar-refractivity contribution < 1.29 is 9.53 Å². The highest BCUT2D eigenvalue weighted by Gasteiger charge is 2.21. The smallest absolute Gasteiger partial charge is 0.355 e. The SMILES string of the molecule is CCOC(=O)c1[nH]c(C)c(-c2ccnn2-c2ccc(Br)cc2)c1C. The number of hydrogen-bond donors (Lipinski definition) is 1. The second-order valence-electron chi connectivity index (χ2n) is 5.45. The lowest BCUT2D eigenvalue weighted by Gasteiger charge is -2.09. The van der Waals surface area contributed by atoms with Crippen LogP contribution in [0.2, 0.25) is 0 Å². The van der Waals surface area contributed by atoms with Crippen molar-refractivity contribution in [3.05, 3.63) is 58.0 Å². The molecule has 0 atom stereocenters. The number of hydrogen-bond acceptors (Lipinski definition) is 3. The molecule has 3 aromatic rings. The molecule has 6 heteroatoms. The van der Waals surface area contributed by atoms with E-state index in [1.165, 1.54) is 0 Å². The van der Waals surface area contributed by atoms with Crippen LogP contribution >= 0.6 is 15.9 Å². The zero-order valence-corrected chi connectivity index (χ0v) is 15.3. The van der Waals surface area contributed by atoms with E-state index in [4.69, 9.17) is 4.74 Å². The molecule has 1 aromatic carbocycles. The molecule has 0 aliphatic heterocycles. The number of benzene rings is 1. The third-order valence-corrected chi connectivity index (χ3v) is 4.42. The highest BCUT2D eigenvalue weighted by Crippen LogP contribution is 2.31. The summed E-state index contributed by atoms with van der Waals surface area (Å²) in [7, 11) is 0. The van der Waals surface area contributed by atoms with Crippen LogP contribution in [0.25, 0.3) is 16.9 Å². The van der Waals surface area contributed by atoms with Crippen LogP contribution in [0.15, 0.2) is 41.0 Å². The molecule has 0 saturated heterocycles. The first-order chi connectivity index (χ1) is 11.5. The van der Waals surface area contributed by atoms with Crippen LogP contribution in [0.4, 0.5) is 0 Å². The van der Waals surface area contributed by atoms with E-state index in [1.54, 1.807) is 13.1 Å². The maximum Gasteiger partial charge on any atom is 0.355 e. The van der Waals surface area contributed by atoms with Gasteiger partial charge in [0.05, 0.1) is 24.2 Å². The molecular weight excluding hydrogens is 370 g/mol. The van der Waals surface area contributed by atoms with Crippen LogP contribution in [-0.4, -0.2) is 27.3 Å². The molecule has 3 rings (SSSR count). The molecule has 0 spiro atoms. The van der Waals surface area contributed by atoms with Gasteiger partial charge in [0.2, 0.25) is 0 Å². The summed E-state index contributed by atoms with van der Waals surface area (Å²) in [6.07, 6.45) is 1.76. The fourth-order valence-corrected chi connectivity index (χ4v) is 3.09. The molecular formula is C18H18BrN3O2. The number of nitrogens with one attached hydrogen (secondary N) is 1. The van der Waals surface area contributed by atoms with Crippen LogP contribution in [-0.2, 0) is 4.74 Å². The zero-order chi connectivity index (χ0) is 17.3. The van der Waals surface area contributed by atoms with E-state index in [2.05, 4.69) is 26.0 Å². The third kappa shape index (κ3) is 2.89. The van der Waals surface area contributed by atoms with Gasteiger partial charge in [-0.3, -0.25) is 0 Å². The summed E-state index contributed by atoms with van der Waals surface area (Å²) in [5.74, 6) is -0.334. The lowest BCUT2D eigenvalue weighted by Crippen LogP contribution is -2.06. The Morgan fingerprint density at radius 2 is 1.96 bits per heavy atom. The van der Waals surface area contributed by atoms with E-state index in [1.807, 2.05) is 48.9 Å². The lowest BCUT2D eigenvalue weighted by atomic mass is 10.1. The Morgan fingerprint density at radius 3 is 2.62 bits per heavy atom. The Bertz CT molecular complexity index is 878. The van der Waals surface area contributed by atoms with Crippen molar-refractivity contribution in [2.24, 2.45) is 0 Å². The molecule has 2 heterocycles. The average Bonchev–Trinajstić information content (AvgIpc) is 3.13. The molecule has 0 aliphatic carbocycles. The number of esters is 1. The Labute approximate surface area is 148 Å². The predicted molar refractivity (Wildman–Crippen MR) is 96.5 cm³/mol. The molecule has 2 aromatic heterocycles. The molecule has 0 saturated carbocycles. The molecule has 1 N–H and O–H groups in total. The summed E-state index contributed by atoms with van der Waals surface area (Å²) in [6.45, 7) is 6.02. The number of carbonyl (C=O) groups is 1. The van der Waals surface area contributed by atoms with E-state index in [0.29, 0.717) is 12.3 Å². The van der Waals surface area contributed by atoms with Crippen molar-refractivity contribution in [3.63, 3.8) is 0 Å². The number of aryl methyl sites for hydroxylation is 1. The number of rotatable bonds is 4. The Hall–Kier alpha value is -2.34. The van der Waals surface area contributed by atoms with Crippen molar-refractivity contribution in [1.82, 2.24) is 14.8 Å². The van der Waals surface area contributed by atoms with Crippen LogP contribution < -0.4 is 0 Å². The summed E-state index contributed by atoms with van der Waals surface area (Å²) < 4.78 is 8.00. The van der Waals surface area contributed by atoms with Gasteiger partial charge in [0.15, 0.2) is 0 Å². The summed E-state index contributed by atoms with van der Waals surface area (Å²) in [5.41, 5.74) is 5.13. The standard InChI is InChI=1S/C18H18BrN3O2/c1-4-24-18(23)17-11(2)16(12(3)21-17)15-9-10-20-22(15)14-7-5-13(19)6-8-14/h5-10,21H,4H2,1-3H3. The van der Waals surface area contributed by atoms with Crippen LogP contribution in [0.3, 0.4) is 0 Å². The van der Waals surface area contributed by atoms with Gasteiger partial charge in [0.25, 0.3) is 0 Å². The Balaban J connectivity index is 2.10. The van der Waals surface area contributed by atoms with Crippen molar-refractivity contribution in [2.45, 2.75) is 20.8 Å². The first-order valence-electron chi connectivity index (χ1n) is 7.69. The topological polar surface area (TPSA) is 59.9 Å². The van der Waals surface area contributed by atoms with Crippen molar-refractivity contribution in [1.29, 1.82) is 0 Å². The second-order valence-corrected chi connectivity index (χ2v) is 6.37. The van der Waals surface area contributed by atoms with Gasteiger partial charge in [-0.15, -0.1) is 0 Å². The molecule has 0 radical (unpaired) electrons. The van der Waals surface area contributed by atoms with Crippen molar-refractivity contribution >= 4 is 21.9 Å². The molecule has 24 heavy (non-hydrogen) atoms. The van der Waals surface area contributed by atoms with E-state index in [9.17, 15) is 4.79 Å². The highest BCUT2D eigenvalue weighted by molar-refractivity contribution is 9.10. The third-order valence-electron chi connectivity index (χ3n) is 3.89. The van der Waals surface area contributed by atoms with Crippen molar-refractivity contribution in [2.75, 3.05) is 6.61 Å². The Morgan fingerprint density at radius 1 is 1.25 bits per heavy atom. The van der Waals surface area contributed by atoms with Crippen molar-refractivity contribution in [3.8, 4) is 16.9 Å². The van der Waals surface area contributed by atoms with Gasteiger partial charge in [-0.2, -0.15) is 5.10 Å². The molecule has 124 valence electrons. The quantitative estimate of drug-likeness (QED) is 0.673. The normalized spacial score (nSPS) is 10.8. The molecule has 5 nitrogen and oxygen atoms in total. The van der Waals surface area contributed by atoms with E-state index in [0.717, 1.165) is 32.7 Å². The van der Waals surface area contributed by atoms with E-state index in [-0.39, 0.29) is 5.97 Å². The molecule has 0 amide bonds. The first kappa shape index (κ1) is 16.5. The second kappa shape index (κ2) is 6.65. The summed E-state index contributed by atoms with van der Waals surface area (Å²) in [4.78, 5) is 15.3. The Kier molecular flexibility index (Phi) is 4.57. The number of halogens is 1. The predicted octanol–water partition coefficient (Wildman–Crippen LogP) is 4.42. The number of ether oxygens (including phenoxy) is 1. The van der Waals surface area contributed by atoms with Gasteiger partial charge >= 0.3 is 5.97 Å². The van der Waals surface area contributed by atoms with Gasteiger partial charge in [0, 0.05) is 15.7 Å². The molecule has 0 unspecified atom stereocenters. The fraction of sp³-hybridized carbons (Fsp3) is 0.222. The number of H-pyrrole nitrogens is 1. The minimum Gasteiger partial charge on any atom is -0.461 e. The highest BCUT2D eigenvalue weighted by atomic mass is 79.9. The number of aromatic nitrogens is 3. The van der Waals surface area contributed by atoms with Gasteiger partial charge in [-0.05, 0) is 56.7 Å². The largest absolute Gasteiger partial charge is 0.461 e. The van der Waals surface area contributed by atoms with Gasteiger partial charge in [0.1, 0.15) is 5.69 Å². The molecule has 0 fully saturated rings. The first-order valence-corrected chi connectivity index (χ1v) is 8.48. The maximum absolute atomic E-state index is 12.1. The summed E-state index contributed by atoms with van der Waals surface area (Å²) >= 11 is 3.44. The average molecular weight is 388 g/mol. The van der Waals surface area contributed by atoms with E-state index < -0.39 is 0 Å². The molecule has 0 bridgehead atoms. The number of nitrogens with zero attached hydrogens (tertiary/aromatic N) is 2. The lowest BCUT2D eigenvalue weighted by molar-refractivity contribution is 0.0519. The van der Waals surface area contributed by atoms with Crippen LogP contribution in [0, 0.1) is 13.8 Å². The van der Waals surface area contributed by atoms with Crippen LogP contribution in [0.5, 0.6) is 0 Å². The maximum atomic E-state index is 12.1. The number of carbonyl (C=O) groups excluding carboxylic acids is 1. The minimum absolute atomic E-state index is 0.334. The van der Waals surface area contributed by atoms with E-state index >= 15 is 0 Å². The van der Waals surface area contributed by atoms with Gasteiger partial charge in [-0.1, -0.05) is 15.9 Å². The monoisotopic (exact) mass is 387 g/mol. The molecule has 0 aliphatic rings. The summed E-state index contributed by atoms with van der Waals surface area (Å²) in [6, 6.07) is 9.87. The minimum atomic E-state index is -0.334. The zero-order valence-electron chi connectivity index (χ0n) is 13.8.